The van der Waals surface area contributed by atoms with Gasteiger partial charge in [0.15, 0.2) is 10.2 Å². The van der Waals surface area contributed by atoms with E-state index in [4.69, 9.17) is 29.6 Å². The van der Waals surface area contributed by atoms with Crippen LogP contribution in [0.15, 0.2) is 18.2 Å². The molecule has 0 saturated carbocycles. The molecule has 1 aromatic heterocycles. The number of fused-ring (bicyclic) bond motifs is 1. The molecule has 0 amide bonds. The number of benzene rings is 1. The maximum Gasteiger partial charge on any atom is 0.190 e. The van der Waals surface area contributed by atoms with Gasteiger partial charge >= 0.3 is 0 Å². The molecule has 0 unspecified atom stereocenters. The average Bonchev–Trinajstić information content (AvgIpc) is 2.44. The van der Waals surface area contributed by atoms with Gasteiger partial charge in [0.2, 0.25) is 0 Å². The minimum absolute atomic E-state index is 0.218. The van der Waals surface area contributed by atoms with Crippen LogP contribution in [0.2, 0.25) is 5.02 Å². The molecule has 0 aliphatic rings. The molecule has 0 atom stereocenters. The fraction of sp³-hybridized carbons (Fsp3) is 0. The predicted molar refractivity (Wildman–Crippen MR) is 65.0 cm³/mol. The van der Waals surface area contributed by atoms with Crippen LogP contribution in [0.4, 0.5) is 5.13 Å². The Bertz CT molecular complexity index is 494. The van der Waals surface area contributed by atoms with E-state index in [1.165, 1.54) is 11.3 Å². The van der Waals surface area contributed by atoms with Crippen molar-refractivity contribution >= 4 is 55.6 Å². The lowest BCUT2D eigenvalue weighted by Gasteiger charge is -1.94. The van der Waals surface area contributed by atoms with Gasteiger partial charge in [-0.2, -0.15) is 0 Å². The molecule has 0 saturated heterocycles. The normalized spacial score (nSPS) is 10.4. The highest BCUT2D eigenvalue weighted by molar-refractivity contribution is 7.80. The summed E-state index contributed by atoms with van der Waals surface area (Å²) in [5, 5.41) is 4.39. The second-order valence-corrected chi connectivity index (χ2v) is 4.53. The largest absolute Gasteiger partial charge is 0.376 e. The molecule has 2 aromatic rings. The van der Waals surface area contributed by atoms with Crippen molar-refractivity contribution in [3.05, 3.63) is 23.2 Å². The number of hydrogen-bond donors (Lipinski definition) is 2. The molecule has 14 heavy (non-hydrogen) atoms. The van der Waals surface area contributed by atoms with Gasteiger partial charge in [-0.3, -0.25) is 0 Å². The zero-order valence-corrected chi connectivity index (χ0v) is 9.34. The number of nitrogens with one attached hydrogen (secondary N) is 1. The van der Waals surface area contributed by atoms with Crippen molar-refractivity contribution in [2.45, 2.75) is 0 Å². The number of thiazole rings is 1. The number of rotatable bonds is 1. The summed E-state index contributed by atoms with van der Waals surface area (Å²) in [5.74, 6) is 0. The van der Waals surface area contributed by atoms with E-state index < -0.39 is 0 Å². The van der Waals surface area contributed by atoms with Crippen LogP contribution in [0.25, 0.3) is 10.2 Å². The van der Waals surface area contributed by atoms with Crippen LogP contribution in [0.3, 0.4) is 0 Å². The maximum absolute atomic E-state index is 5.84. The van der Waals surface area contributed by atoms with E-state index in [0.717, 1.165) is 10.2 Å². The van der Waals surface area contributed by atoms with Crippen molar-refractivity contribution in [2.75, 3.05) is 5.32 Å². The first kappa shape index (κ1) is 9.64. The van der Waals surface area contributed by atoms with Crippen molar-refractivity contribution in [1.29, 1.82) is 0 Å². The van der Waals surface area contributed by atoms with Crippen molar-refractivity contribution in [3.63, 3.8) is 0 Å². The van der Waals surface area contributed by atoms with Gasteiger partial charge in [-0.05, 0) is 30.4 Å². The Kier molecular flexibility index (Phi) is 2.54. The van der Waals surface area contributed by atoms with Crippen LogP contribution < -0.4 is 11.1 Å². The summed E-state index contributed by atoms with van der Waals surface area (Å²) in [6.07, 6.45) is 0. The topological polar surface area (TPSA) is 50.9 Å². The summed E-state index contributed by atoms with van der Waals surface area (Å²) >= 11 is 12.0. The average molecular weight is 244 g/mol. The van der Waals surface area contributed by atoms with Crippen LogP contribution in [0.1, 0.15) is 0 Å². The molecule has 3 nitrogen and oxygen atoms in total. The number of aromatic nitrogens is 1. The molecule has 1 aromatic carbocycles. The lowest BCUT2D eigenvalue weighted by Crippen LogP contribution is -2.18. The van der Waals surface area contributed by atoms with E-state index in [0.29, 0.717) is 10.2 Å². The van der Waals surface area contributed by atoms with Gasteiger partial charge in [-0.1, -0.05) is 22.9 Å². The van der Waals surface area contributed by atoms with Crippen molar-refractivity contribution in [3.8, 4) is 0 Å². The minimum atomic E-state index is 0.218. The number of nitrogens with zero attached hydrogens (tertiary/aromatic N) is 1. The highest BCUT2D eigenvalue weighted by Crippen LogP contribution is 2.27. The summed E-state index contributed by atoms with van der Waals surface area (Å²) in [6, 6.07) is 5.52. The zero-order valence-electron chi connectivity index (χ0n) is 6.95. The first-order chi connectivity index (χ1) is 6.65. The van der Waals surface area contributed by atoms with E-state index in [9.17, 15) is 0 Å². The lowest BCUT2D eigenvalue weighted by atomic mass is 10.3. The summed E-state index contributed by atoms with van der Waals surface area (Å²) in [4.78, 5) is 4.28. The molecule has 0 aliphatic carbocycles. The Morgan fingerprint density at radius 1 is 1.57 bits per heavy atom. The maximum atomic E-state index is 5.84. The van der Waals surface area contributed by atoms with E-state index in [1.807, 2.05) is 12.1 Å². The molecule has 6 heteroatoms. The summed E-state index contributed by atoms with van der Waals surface area (Å²) in [7, 11) is 0. The summed E-state index contributed by atoms with van der Waals surface area (Å²) < 4.78 is 1.01. The van der Waals surface area contributed by atoms with Gasteiger partial charge in [0.1, 0.15) is 0 Å². The standard InChI is InChI=1S/C8H6ClN3S2/c9-4-1-2-5-6(3-4)14-8(11-5)12-7(10)13/h1-3H,(H3,10,11,12,13). The SMILES string of the molecule is NC(=S)Nc1nc2ccc(Cl)cc2s1. The molecule has 2 rings (SSSR count). The Morgan fingerprint density at radius 3 is 3.07 bits per heavy atom. The van der Waals surface area contributed by atoms with Gasteiger partial charge in [0.05, 0.1) is 10.2 Å². The number of nitrogens with two attached hydrogens (primary N) is 1. The van der Waals surface area contributed by atoms with Crippen LogP contribution in [0.5, 0.6) is 0 Å². The number of thiocarbonyl (C=S) groups is 1. The smallest absolute Gasteiger partial charge is 0.190 e. The molecule has 72 valence electrons. The number of halogens is 1. The summed E-state index contributed by atoms with van der Waals surface area (Å²) in [6.45, 7) is 0. The Hall–Kier alpha value is -0.910. The van der Waals surface area contributed by atoms with Crippen molar-refractivity contribution < 1.29 is 0 Å². The first-order valence-corrected chi connectivity index (χ1v) is 5.38. The third kappa shape index (κ3) is 1.95. The van der Waals surface area contributed by atoms with E-state index in [1.54, 1.807) is 6.07 Å². The van der Waals surface area contributed by atoms with Gasteiger partial charge in [0.25, 0.3) is 0 Å². The third-order valence-electron chi connectivity index (χ3n) is 1.58. The quantitative estimate of drug-likeness (QED) is 0.756. The molecule has 1 heterocycles. The van der Waals surface area contributed by atoms with Gasteiger partial charge in [-0.25, -0.2) is 4.98 Å². The van der Waals surface area contributed by atoms with Gasteiger partial charge < -0.3 is 11.1 Å². The third-order valence-corrected chi connectivity index (χ3v) is 2.85. The highest BCUT2D eigenvalue weighted by atomic mass is 35.5. The highest BCUT2D eigenvalue weighted by Gasteiger charge is 2.03. The van der Waals surface area contributed by atoms with Crippen LogP contribution >= 0.6 is 35.2 Å². The molecule has 0 radical (unpaired) electrons. The fourth-order valence-electron chi connectivity index (χ4n) is 1.06. The minimum Gasteiger partial charge on any atom is -0.376 e. The zero-order chi connectivity index (χ0) is 10.1. The van der Waals surface area contributed by atoms with Crippen molar-refractivity contribution in [1.82, 2.24) is 4.98 Å². The molecule has 0 spiro atoms. The van der Waals surface area contributed by atoms with Gasteiger partial charge in [0, 0.05) is 5.02 Å². The molecule has 0 fully saturated rings. The summed E-state index contributed by atoms with van der Waals surface area (Å²) in [5.41, 5.74) is 6.22. The molecular weight excluding hydrogens is 238 g/mol. The monoisotopic (exact) mass is 243 g/mol. The Labute approximate surface area is 94.9 Å². The molecule has 0 aliphatic heterocycles. The molecule has 0 bridgehead atoms. The molecular formula is C8H6ClN3S2. The van der Waals surface area contributed by atoms with E-state index in [-0.39, 0.29) is 5.11 Å². The Morgan fingerprint density at radius 2 is 2.36 bits per heavy atom. The van der Waals surface area contributed by atoms with E-state index in [2.05, 4.69) is 10.3 Å². The van der Waals surface area contributed by atoms with Crippen LogP contribution in [0, 0.1) is 0 Å². The fourth-order valence-corrected chi connectivity index (χ4v) is 2.37. The number of anilines is 1. The Balaban J connectivity index is 2.46. The van der Waals surface area contributed by atoms with Crippen molar-refractivity contribution in [2.24, 2.45) is 5.73 Å². The second kappa shape index (κ2) is 3.68. The predicted octanol–water partition coefficient (Wildman–Crippen LogP) is 2.61. The van der Waals surface area contributed by atoms with E-state index >= 15 is 0 Å². The second-order valence-electron chi connectivity index (χ2n) is 2.62. The van der Waals surface area contributed by atoms with Crippen LogP contribution in [-0.2, 0) is 0 Å². The molecule has 3 N–H and O–H groups in total. The first-order valence-electron chi connectivity index (χ1n) is 3.78. The number of hydrogen-bond acceptors (Lipinski definition) is 3. The lowest BCUT2D eigenvalue weighted by molar-refractivity contribution is 1.47. The van der Waals surface area contributed by atoms with Crippen LogP contribution in [-0.4, -0.2) is 10.1 Å². The van der Waals surface area contributed by atoms with Gasteiger partial charge in [-0.15, -0.1) is 0 Å².